The number of carboxylic acids is 2. The summed E-state index contributed by atoms with van der Waals surface area (Å²) in [7, 11) is 0. The Hall–Kier alpha value is -0.801. The van der Waals surface area contributed by atoms with Crippen molar-refractivity contribution in [3.05, 3.63) is 13.2 Å². The molecule has 0 aromatic carbocycles. The zero-order valence-electron chi connectivity index (χ0n) is 5.95. The molecule has 0 radical (unpaired) electrons. The number of carbonyl (C=O) groups is 2. The van der Waals surface area contributed by atoms with Crippen LogP contribution < -0.4 is 0 Å². The van der Waals surface area contributed by atoms with Gasteiger partial charge in [0.2, 0.25) is 0 Å². The van der Waals surface area contributed by atoms with Crippen LogP contribution in [-0.2, 0) is 9.59 Å². The van der Waals surface area contributed by atoms with Gasteiger partial charge in [-0.2, -0.15) is 0 Å². The summed E-state index contributed by atoms with van der Waals surface area (Å²) in [5, 5.41) is 16.1. The van der Waals surface area contributed by atoms with E-state index in [-0.39, 0.29) is 25.6 Å². The van der Waals surface area contributed by atoms with Crippen LogP contribution in [-0.4, -0.2) is 37.1 Å². The van der Waals surface area contributed by atoms with Crippen LogP contribution in [0.1, 0.15) is 0 Å². The molecule has 0 amide bonds. The van der Waals surface area contributed by atoms with Gasteiger partial charge in [0.25, 0.3) is 0 Å². The first-order chi connectivity index (χ1) is 5.13. The minimum absolute atomic E-state index is 0.000694. The normalized spacial score (nSPS) is 7.64. The molecule has 0 aromatic heterocycles. The van der Waals surface area contributed by atoms with Crippen LogP contribution in [0.4, 0.5) is 0 Å². The third-order valence-electron chi connectivity index (χ3n) is 0.451. The van der Waals surface area contributed by atoms with Gasteiger partial charge >= 0.3 is 57.3 Å². The number of rotatable bonds is 4. The van der Waals surface area contributed by atoms with Crippen molar-refractivity contribution in [3.63, 3.8) is 0 Å². The fraction of sp³-hybridized carbons (Fsp3) is 0.333. The SMILES string of the molecule is C=C.O=C(O)C[Se]CC(=O)O. The summed E-state index contributed by atoms with van der Waals surface area (Å²) in [6, 6.07) is 0. The molecule has 0 bridgehead atoms. The van der Waals surface area contributed by atoms with Crippen molar-refractivity contribution in [1.29, 1.82) is 0 Å². The summed E-state index contributed by atoms with van der Waals surface area (Å²) < 4.78 is 0. The molecule has 0 aliphatic heterocycles. The van der Waals surface area contributed by atoms with E-state index in [4.69, 9.17) is 10.2 Å². The second kappa shape index (κ2) is 9.20. The Morgan fingerprint density at radius 2 is 1.36 bits per heavy atom. The number of aliphatic carboxylic acids is 2. The van der Waals surface area contributed by atoms with Crippen LogP contribution in [0.2, 0.25) is 10.6 Å². The van der Waals surface area contributed by atoms with Crippen molar-refractivity contribution >= 4 is 26.9 Å². The number of hydrogen-bond donors (Lipinski definition) is 2. The number of carboxylic acid groups (broad SMARTS) is 2. The summed E-state index contributed by atoms with van der Waals surface area (Å²) in [5.74, 6) is -1.84. The van der Waals surface area contributed by atoms with Crippen molar-refractivity contribution < 1.29 is 19.8 Å². The average molecular weight is 225 g/mol. The third-order valence-corrected chi connectivity index (χ3v) is 2.34. The van der Waals surface area contributed by atoms with Crippen LogP contribution in [0.15, 0.2) is 13.2 Å². The third kappa shape index (κ3) is 17.6. The summed E-state index contributed by atoms with van der Waals surface area (Å²) in [6.07, 6.45) is 0. The van der Waals surface area contributed by atoms with Gasteiger partial charge in [-0.05, 0) is 0 Å². The molecule has 0 aromatic rings. The van der Waals surface area contributed by atoms with Crippen molar-refractivity contribution in [3.8, 4) is 0 Å². The molecule has 0 rings (SSSR count). The molecule has 11 heavy (non-hydrogen) atoms. The van der Waals surface area contributed by atoms with Crippen LogP contribution in [0.25, 0.3) is 0 Å². The van der Waals surface area contributed by atoms with Crippen molar-refractivity contribution in [2.24, 2.45) is 0 Å². The van der Waals surface area contributed by atoms with Crippen molar-refractivity contribution in [2.45, 2.75) is 10.6 Å². The van der Waals surface area contributed by atoms with Gasteiger partial charge in [0.1, 0.15) is 0 Å². The molecular weight excluding hydrogens is 215 g/mol. The van der Waals surface area contributed by atoms with E-state index in [2.05, 4.69) is 13.2 Å². The first kappa shape index (κ1) is 12.8. The summed E-state index contributed by atoms with van der Waals surface area (Å²) in [4.78, 5) is 19.6. The van der Waals surface area contributed by atoms with Crippen molar-refractivity contribution in [1.82, 2.24) is 0 Å². The first-order valence-corrected chi connectivity index (χ1v) is 5.06. The fourth-order valence-corrected chi connectivity index (χ4v) is 1.17. The van der Waals surface area contributed by atoms with E-state index in [1.54, 1.807) is 0 Å². The van der Waals surface area contributed by atoms with Gasteiger partial charge in [-0.1, -0.05) is 0 Å². The maximum atomic E-state index is 9.80. The quantitative estimate of drug-likeness (QED) is 0.539. The van der Waals surface area contributed by atoms with Crippen LogP contribution >= 0.6 is 0 Å². The molecule has 0 saturated heterocycles. The Bertz CT molecular complexity index is 121. The molecule has 4 nitrogen and oxygen atoms in total. The Balaban J connectivity index is 0. The topological polar surface area (TPSA) is 74.6 Å². The van der Waals surface area contributed by atoms with E-state index in [1.165, 1.54) is 0 Å². The Kier molecular flexibility index (Phi) is 10.7. The van der Waals surface area contributed by atoms with Crippen LogP contribution in [0, 0.1) is 0 Å². The summed E-state index contributed by atoms with van der Waals surface area (Å²) in [6.45, 7) is 6.00. The van der Waals surface area contributed by atoms with E-state index >= 15 is 0 Å². The maximum absolute atomic E-state index is 9.80. The molecule has 0 saturated carbocycles. The molecule has 5 heteroatoms. The molecule has 0 aliphatic carbocycles. The van der Waals surface area contributed by atoms with Gasteiger partial charge in [0.05, 0.1) is 0 Å². The van der Waals surface area contributed by atoms with Gasteiger partial charge in [-0.25, -0.2) is 0 Å². The fourth-order valence-electron chi connectivity index (χ4n) is 0.226. The summed E-state index contributed by atoms with van der Waals surface area (Å²) in [5.41, 5.74) is 0. The second-order valence-electron chi connectivity index (χ2n) is 1.28. The van der Waals surface area contributed by atoms with Crippen LogP contribution in [0.3, 0.4) is 0 Å². The van der Waals surface area contributed by atoms with E-state index < -0.39 is 11.9 Å². The van der Waals surface area contributed by atoms with Gasteiger partial charge in [0.15, 0.2) is 0 Å². The van der Waals surface area contributed by atoms with Gasteiger partial charge in [-0.3, -0.25) is 0 Å². The molecule has 0 unspecified atom stereocenters. The van der Waals surface area contributed by atoms with E-state index in [0.29, 0.717) is 0 Å². The second-order valence-corrected chi connectivity index (χ2v) is 3.35. The van der Waals surface area contributed by atoms with E-state index in [9.17, 15) is 9.59 Å². The van der Waals surface area contributed by atoms with Crippen molar-refractivity contribution in [2.75, 3.05) is 0 Å². The first-order valence-electron chi connectivity index (χ1n) is 2.64. The zero-order valence-corrected chi connectivity index (χ0v) is 7.66. The molecule has 0 atom stereocenters. The number of hydrogen-bond acceptors (Lipinski definition) is 2. The molecule has 2 N–H and O–H groups in total. The molecule has 0 fully saturated rings. The molecule has 0 aliphatic rings. The monoisotopic (exact) mass is 226 g/mol. The predicted octanol–water partition coefficient (Wildman–Crippen LogP) is 0.499. The van der Waals surface area contributed by atoms with Crippen LogP contribution in [0.5, 0.6) is 0 Å². The molecular formula is C6H10O4Se. The molecule has 64 valence electrons. The Morgan fingerprint density at radius 1 is 1.09 bits per heavy atom. The molecule has 0 heterocycles. The zero-order chi connectivity index (χ0) is 9.28. The predicted molar refractivity (Wildman–Crippen MR) is 41.9 cm³/mol. The minimum atomic E-state index is -0.920. The Morgan fingerprint density at radius 3 is 1.55 bits per heavy atom. The van der Waals surface area contributed by atoms with Gasteiger partial charge < -0.3 is 0 Å². The van der Waals surface area contributed by atoms with Gasteiger partial charge in [-0.15, -0.1) is 13.2 Å². The van der Waals surface area contributed by atoms with Gasteiger partial charge in [0, 0.05) is 0 Å². The average Bonchev–Trinajstić information content (AvgIpc) is 1.90. The van der Waals surface area contributed by atoms with E-state index in [0.717, 1.165) is 0 Å². The van der Waals surface area contributed by atoms with E-state index in [1.807, 2.05) is 0 Å². The molecule has 0 spiro atoms. The standard InChI is InChI=1S/C4H6O4Se.C2H4/c5-3(6)1-9-2-4(7)8;1-2/h1-2H2,(H,5,6)(H,7,8);1-2H2. The Labute approximate surface area is 71.1 Å². The summed E-state index contributed by atoms with van der Waals surface area (Å²) >= 11 is -0.280.